The zero-order chi connectivity index (χ0) is 17.3. The Labute approximate surface area is 140 Å². The summed E-state index contributed by atoms with van der Waals surface area (Å²) < 4.78 is 5.18. The molecule has 0 radical (unpaired) electrons. The van der Waals surface area contributed by atoms with Crippen LogP contribution in [0.15, 0.2) is 24.3 Å². The first kappa shape index (κ1) is 16.4. The van der Waals surface area contributed by atoms with Gasteiger partial charge in [0.1, 0.15) is 6.04 Å². The summed E-state index contributed by atoms with van der Waals surface area (Å²) in [5.74, 6) is -1.59. The molecule has 2 heterocycles. The number of anilines is 1. The molecule has 0 aromatic heterocycles. The minimum Gasteiger partial charge on any atom is -0.378 e. The second-order valence-electron chi connectivity index (χ2n) is 6.17. The predicted octanol–water partition coefficient (Wildman–Crippen LogP) is 0.458. The van der Waals surface area contributed by atoms with Crippen LogP contribution >= 0.6 is 0 Å². The van der Waals surface area contributed by atoms with Crippen molar-refractivity contribution in [3.63, 3.8) is 0 Å². The Morgan fingerprint density at radius 1 is 1.21 bits per heavy atom. The Bertz CT molecular complexity index is 668. The van der Waals surface area contributed by atoms with Crippen LogP contribution in [0.3, 0.4) is 0 Å². The average molecular weight is 331 g/mol. The van der Waals surface area contributed by atoms with Gasteiger partial charge >= 0.3 is 11.8 Å². The van der Waals surface area contributed by atoms with Crippen molar-refractivity contribution in [3.8, 4) is 0 Å². The third kappa shape index (κ3) is 2.87. The summed E-state index contributed by atoms with van der Waals surface area (Å²) in [6.07, 6.45) is 0. The van der Waals surface area contributed by atoms with Crippen LogP contribution in [-0.4, -0.2) is 55.0 Å². The number of benzene rings is 1. The lowest BCUT2D eigenvalue weighted by molar-refractivity contribution is -0.149. The molecule has 3 amide bonds. The standard InChI is InChI=1S/C17H21N3O4/c1-11(2)20-13-6-4-3-5-12(13)14(16(20)22)18-15(21)17(23)19-7-9-24-10-8-19/h3-6,11,14H,7-10H2,1-2H3,(H,18,21)/t14-/m1/s1. The molecule has 24 heavy (non-hydrogen) atoms. The molecule has 1 N–H and O–H groups in total. The zero-order valence-electron chi connectivity index (χ0n) is 13.8. The fourth-order valence-corrected chi connectivity index (χ4v) is 3.12. The molecule has 0 spiro atoms. The van der Waals surface area contributed by atoms with E-state index in [9.17, 15) is 14.4 Å². The molecule has 7 nitrogen and oxygen atoms in total. The molecule has 1 saturated heterocycles. The van der Waals surface area contributed by atoms with Gasteiger partial charge in [0.2, 0.25) is 0 Å². The summed E-state index contributed by atoms with van der Waals surface area (Å²) in [5.41, 5.74) is 1.50. The number of carbonyl (C=O) groups is 3. The van der Waals surface area contributed by atoms with Crippen molar-refractivity contribution >= 4 is 23.4 Å². The highest BCUT2D eigenvalue weighted by molar-refractivity contribution is 6.35. The maximum atomic E-state index is 12.7. The summed E-state index contributed by atoms with van der Waals surface area (Å²) in [4.78, 5) is 40.4. The number of hydrogen-bond acceptors (Lipinski definition) is 4. The number of nitrogens with one attached hydrogen (secondary N) is 1. The van der Waals surface area contributed by atoms with Crippen LogP contribution in [0.5, 0.6) is 0 Å². The molecule has 1 atom stereocenters. The van der Waals surface area contributed by atoms with Gasteiger partial charge in [-0.15, -0.1) is 0 Å². The molecule has 128 valence electrons. The van der Waals surface area contributed by atoms with Gasteiger partial charge in [0.25, 0.3) is 5.91 Å². The number of fused-ring (bicyclic) bond motifs is 1. The van der Waals surface area contributed by atoms with Gasteiger partial charge in [-0.05, 0) is 19.9 Å². The second-order valence-corrected chi connectivity index (χ2v) is 6.17. The number of hydrogen-bond donors (Lipinski definition) is 1. The van der Waals surface area contributed by atoms with E-state index in [1.165, 1.54) is 4.90 Å². The molecule has 0 bridgehead atoms. The van der Waals surface area contributed by atoms with Gasteiger partial charge in [-0.3, -0.25) is 14.4 Å². The maximum Gasteiger partial charge on any atom is 0.312 e. The predicted molar refractivity (Wildman–Crippen MR) is 87.3 cm³/mol. The molecule has 1 aromatic rings. The molecule has 3 rings (SSSR count). The lowest BCUT2D eigenvalue weighted by atomic mass is 10.1. The van der Waals surface area contributed by atoms with Crippen LogP contribution in [0.4, 0.5) is 5.69 Å². The number of amides is 3. The fraction of sp³-hybridized carbons (Fsp3) is 0.471. The largest absolute Gasteiger partial charge is 0.378 e. The van der Waals surface area contributed by atoms with Crippen LogP contribution in [0.25, 0.3) is 0 Å². The van der Waals surface area contributed by atoms with E-state index in [1.54, 1.807) is 11.0 Å². The topological polar surface area (TPSA) is 79.0 Å². The first-order valence-corrected chi connectivity index (χ1v) is 8.10. The molecule has 1 fully saturated rings. The smallest absolute Gasteiger partial charge is 0.312 e. The summed E-state index contributed by atoms with van der Waals surface area (Å²) >= 11 is 0. The van der Waals surface area contributed by atoms with Crippen LogP contribution in [0, 0.1) is 0 Å². The van der Waals surface area contributed by atoms with Crippen molar-refractivity contribution in [2.45, 2.75) is 25.9 Å². The normalized spacial score (nSPS) is 20.3. The van der Waals surface area contributed by atoms with E-state index in [4.69, 9.17) is 4.74 Å². The third-order valence-electron chi connectivity index (χ3n) is 4.28. The summed E-state index contributed by atoms with van der Waals surface area (Å²) in [7, 11) is 0. The second kappa shape index (κ2) is 6.60. The van der Waals surface area contributed by atoms with Crippen molar-refractivity contribution in [2.75, 3.05) is 31.2 Å². The SMILES string of the molecule is CC(C)N1C(=O)[C@H](NC(=O)C(=O)N2CCOCC2)c2ccccc21. The van der Waals surface area contributed by atoms with Gasteiger partial charge in [0.15, 0.2) is 0 Å². The van der Waals surface area contributed by atoms with Crippen LogP contribution < -0.4 is 10.2 Å². The molecule has 7 heteroatoms. The van der Waals surface area contributed by atoms with E-state index in [-0.39, 0.29) is 11.9 Å². The van der Waals surface area contributed by atoms with Gasteiger partial charge in [-0.1, -0.05) is 18.2 Å². The Hall–Kier alpha value is -2.41. The monoisotopic (exact) mass is 331 g/mol. The molecular weight excluding hydrogens is 310 g/mol. The molecule has 2 aliphatic heterocycles. The number of ether oxygens (including phenoxy) is 1. The van der Waals surface area contributed by atoms with Crippen molar-refractivity contribution in [1.29, 1.82) is 0 Å². The highest BCUT2D eigenvalue weighted by Gasteiger charge is 2.40. The molecule has 1 aromatic carbocycles. The number of nitrogens with zero attached hydrogens (tertiary/aromatic N) is 2. The van der Waals surface area contributed by atoms with E-state index < -0.39 is 17.9 Å². The lowest BCUT2D eigenvalue weighted by Gasteiger charge is -2.26. The van der Waals surface area contributed by atoms with Gasteiger partial charge in [-0.25, -0.2) is 0 Å². The third-order valence-corrected chi connectivity index (χ3v) is 4.28. The van der Waals surface area contributed by atoms with Crippen molar-refractivity contribution in [2.24, 2.45) is 0 Å². The van der Waals surface area contributed by atoms with Crippen molar-refractivity contribution in [1.82, 2.24) is 10.2 Å². The van der Waals surface area contributed by atoms with Crippen LogP contribution in [0.1, 0.15) is 25.5 Å². The van der Waals surface area contributed by atoms with Crippen LogP contribution in [-0.2, 0) is 19.1 Å². The molecule has 0 unspecified atom stereocenters. The van der Waals surface area contributed by atoms with E-state index >= 15 is 0 Å². The van der Waals surface area contributed by atoms with E-state index in [0.29, 0.717) is 26.3 Å². The van der Waals surface area contributed by atoms with Gasteiger partial charge in [0.05, 0.1) is 13.2 Å². The minimum atomic E-state index is -0.818. The van der Waals surface area contributed by atoms with Gasteiger partial charge in [0, 0.05) is 30.4 Å². The first-order chi connectivity index (χ1) is 11.5. The number of para-hydroxylation sites is 1. The van der Waals surface area contributed by atoms with Gasteiger partial charge in [-0.2, -0.15) is 0 Å². The van der Waals surface area contributed by atoms with Crippen molar-refractivity contribution < 1.29 is 19.1 Å². The minimum absolute atomic E-state index is 0.0319. The van der Waals surface area contributed by atoms with E-state index in [2.05, 4.69) is 5.32 Å². The number of morpholine rings is 1. The number of rotatable bonds is 2. The maximum absolute atomic E-state index is 12.7. The number of carbonyl (C=O) groups excluding carboxylic acids is 3. The summed E-state index contributed by atoms with van der Waals surface area (Å²) in [6, 6.07) is 6.48. The van der Waals surface area contributed by atoms with E-state index in [0.717, 1.165) is 11.3 Å². The highest BCUT2D eigenvalue weighted by Crippen LogP contribution is 2.36. The molecular formula is C17H21N3O4. The Kier molecular flexibility index (Phi) is 4.53. The molecule has 0 saturated carbocycles. The van der Waals surface area contributed by atoms with Gasteiger partial charge < -0.3 is 19.9 Å². The zero-order valence-corrected chi connectivity index (χ0v) is 13.8. The van der Waals surface area contributed by atoms with E-state index in [1.807, 2.05) is 32.0 Å². The first-order valence-electron chi connectivity index (χ1n) is 8.10. The summed E-state index contributed by atoms with van der Waals surface area (Å²) in [6.45, 7) is 5.45. The molecule has 2 aliphatic rings. The molecule has 0 aliphatic carbocycles. The fourth-order valence-electron chi connectivity index (χ4n) is 3.12. The van der Waals surface area contributed by atoms with Crippen molar-refractivity contribution in [3.05, 3.63) is 29.8 Å². The summed E-state index contributed by atoms with van der Waals surface area (Å²) in [5, 5.41) is 2.60. The average Bonchev–Trinajstić information content (AvgIpc) is 2.87. The Morgan fingerprint density at radius 3 is 2.54 bits per heavy atom. The Balaban J connectivity index is 1.78. The highest BCUT2D eigenvalue weighted by atomic mass is 16.5. The Morgan fingerprint density at radius 2 is 1.88 bits per heavy atom. The quantitative estimate of drug-likeness (QED) is 0.799. The lowest BCUT2D eigenvalue weighted by Crippen LogP contribution is -2.50. The van der Waals surface area contributed by atoms with Crippen LogP contribution in [0.2, 0.25) is 0 Å².